The third-order valence-electron chi connectivity index (χ3n) is 5.85. The summed E-state index contributed by atoms with van der Waals surface area (Å²) < 4.78 is 0. The largest absolute Gasteiger partial charge is 0.352 e. The Bertz CT molecular complexity index is 363. The quantitative estimate of drug-likeness (QED) is 0.783. The van der Waals surface area contributed by atoms with E-state index in [9.17, 15) is 4.79 Å². The fourth-order valence-electron chi connectivity index (χ4n) is 5.57. The van der Waals surface area contributed by atoms with Gasteiger partial charge >= 0.3 is 0 Å². The average molecular weight is 284 g/mol. The zero-order chi connectivity index (χ0) is 13.7. The molecule has 3 atom stereocenters. The van der Waals surface area contributed by atoms with Crippen LogP contribution in [0.1, 0.15) is 58.8 Å². The lowest BCUT2D eigenvalue weighted by Crippen LogP contribution is -2.58. The van der Waals surface area contributed by atoms with E-state index in [1.54, 1.807) is 0 Å². The van der Waals surface area contributed by atoms with Crippen LogP contribution in [0, 0.1) is 22.7 Å². The molecule has 4 bridgehead atoms. The molecule has 1 amide bonds. The van der Waals surface area contributed by atoms with Crippen molar-refractivity contribution in [2.45, 2.75) is 64.8 Å². The molecule has 0 radical (unpaired) electrons. The van der Waals surface area contributed by atoms with Crippen molar-refractivity contribution in [3.05, 3.63) is 0 Å². The molecular weight excluding hydrogens is 258 g/mol. The molecular formula is C16H26ClNO. The van der Waals surface area contributed by atoms with Crippen LogP contribution in [0.3, 0.4) is 0 Å². The first-order valence-electron chi connectivity index (χ1n) is 7.85. The van der Waals surface area contributed by atoms with E-state index in [0.717, 1.165) is 37.5 Å². The van der Waals surface area contributed by atoms with E-state index in [1.165, 1.54) is 19.3 Å². The molecule has 4 fully saturated rings. The van der Waals surface area contributed by atoms with Crippen molar-refractivity contribution in [1.82, 2.24) is 5.32 Å². The highest BCUT2D eigenvalue weighted by Crippen LogP contribution is 2.65. The molecule has 0 aromatic heterocycles. The Labute approximate surface area is 121 Å². The molecule has 0 spiro atoms. The summed E-state index contributed by atoms with van der Waals surface area (Å²) in [7, 11) is 0. The molecule has 3 heteroatoms. The Hall–Kier alpha value is -0.240. The fraction of sp³-hybridized carbons (Fsp3) is 0.938. The van der Waals surface area contributed by atoms with Gasteiger partial charge in [-0.15, -0.1) is 11.6 Å². The number of hydrogen-bond donors (Lipinski definition) is 1. The predicted molar refractivity (Wildman–Crippen MR) is 78.2 cm³/mol. The standard InChI is InChI=1S/C16H26ClNO/c1-3-13(9-17)18-14(19)16-7-11-4-12(8-16)6-15(2,5-11)10-16/h11-13H,3-10H2,1-2H3,(H,18,19). The van der Waals surface area contributed by atoms with Crippen LogP contribution in [0.2, 0.25) is 0 Å². The SMILES string of the molecule is CCC(CCl)NC(=O)C12CC3CC(CC(C)(C3)C1)C2. The van der Waals surface area contributed by atoms with Crippen molar-refractivity contribution in [3.8, 4) is 0 Å². The average Bonchev–Trinajstić information content (AvgIpc) is 2.32. The van der Waals surface area contributed by atoms with Crippen molar-refractivity contribution >= 4 is 17.5 Å². The zero-order valence-corrected chi connectivity index (χ0v) is 12.9. The molecule has 0 aliphatic heterocycles. The summed E-state index contributed by atoms with van der Waals surface area (Å²) in [6, 6.07) is 0.148. The second-order valence-corrected chi connectivity index (χ2v) is 8.09. The second-order valence-electron chi connectivity index (χ2n) is 7.78. The highest BCUT2D eigenvalue weighted by molar-refractivity contribution is 6.18. The van der Waals surface area contributed by atoms with Gasteiger partial charge in [0.15, 0.2) is 0 Å². The Kier molecular flexibility index (Phi) is 3.36. The molecule has 4 aliphatic rings. The van der Waals surface area contributed by atoms with Gasteiger partial charge < -0.3 is 5.32 Å². The van der Waals surface area contributed by atoms with E-state index in [0.29, 0.717) is 17.2 Å². The van der Waals surface area contributed by atoms with E-state index in [2.05, 4.69) is 19.2 Å². The number of rotatable bonds is 4. The van der Waals surface area contributed by atoms with Gasteiger partial charge in [-0.1, -0.05) is 13.8 Å². The maximum atomic E-state index is 12.8. The fourth-order valence-corrected chi connectivity index (χ4v) is 5.87. The molecule has 0 aromatic rings. The Morgan fingerprint density at radius 3 is 2.42 bits per heavy atom. The Balaban J connectivity index is 1.78. The van der Waals surface area contributed by atoms with Crippen LogP contribution >= 0.6 is 11.6 Å². The molecule has 0 saturated heterocycles. The molecule has 4 saturated carbocycles. The minimum absolute atomic E-state index is 0.0572. The first kappa shape index (κ1) is 13.7. The minimum atomic E-state index is -0.0572. The van der Waals surface area contributed by atoms with Crippen molar-refractivity contribution in [2.24, 2.45) is 22.7 Å². The molecule has 3 unspecified atom stereocenters. The number of alkyl halides is 1. The number of nitrogens with one attached hydrogen (secondary N) is 1. The van der Waals surface area contributed by atoms with Gasteiger partial charge in [-0.25, -0.2) is 0 Å². The third-order valence-corrected chi connectivity index (χ3v) is 6.22. The van der Waals surface area contributed by atoms with E-state index < -0.39 is 0 Å². The molecule has 2 nitrogen and oxygen atoms in total. The van der Waals surface area contributed by atoms with E-state index in [4.69, 9.17) is 11.6 Å². The monoisotopic (exact) mass is 283 g/mol. The summed E-state index contributed by atoms with van der Waals surface area (Å²) in [5.41, 5.74) is 0.377. The summed E-state index contributed by atoms with van der Waals surface area (Å²) in [5, 5.41) is 3.22. The maximum Gasteiger partial charge on any atom is 0.226 e. The minimum Gasteiger partial charge on any atom is -0.352 e. The normalized spacial score (nSPS) is 45.2. The maximum absolute atomic E-state index is 12.8. The number of carbonyl (C=O) groups is 1. The third kappa shape index (κ3) is 2.30. The lowest BCUT2D eigenvalue weighted by Gasteiger charge is -2.60. The lowest BCUT2D eigenvalue weighted by atomic mass is 9.44. The summed E-state index contributed by atoms with van der Waals surface area (Å²) in [6.45, 7) is 4.50. The number of hydrogen-bond acceptors (Lipinski definition) is 1. The van der Waals surface area contributed by atoms with Gasteiger partial charge in [0.2, 0.25) is 5.91 Å². The number of carbonyl (C=O) groups excluding carboxylic acids is 1. The molecule has 0 heterocycles. The second kappa shape index (κ2) is 4.65. The smallest absolute Gasteiger partial charge is 0.226 e. The highest BCUT2D eigenvalue weighted by Gasteiger charge is 2.58. The van der Waals surface area contributed by atoms with Gasteiger partial charge in [0, 0.05) is 11.9 Å². The van der Waals surface area contributed by atoms with Crippen molar-refractivity contribution in [2.75, 3.05) is 5.88 Å². The number of amides is 1. The summed E-state index contributed by atoms with van der Waals surface area (Å²) >= 11 is 5.93. The van der Waals surface area contributed by atoms with Crippen molar-refractivity contribution in [3.63, 3.8) is 0 Å². The first-order valence-corrected chi connectivity index (χ1v) is 8.39. The zero-order valence-electron chi connectivity index (χ0n) is 12.2. The van der Waals surface area contributed by atoms with Crippen LogP contribution in [0.5, 0.6) is 0 Å². The summed E-state index contributed by atoms with van der Waals surface area (Å²) in [4.78, 5) is 12.8. The van der Waals surface area contributed by atoms with Gasteiger partial charge in [0.25, 0.3) is 0 Å². The topological polar surface area (TPSA) is 29.1 Å². The predicted octanol–water partition coefficient (Wildman–Crippen LogP) is 3.73. The molecule has 19 heavy (non-hydrogen) atoms. The summed E-state index contributed by atoms with van der Waals surface area (Å²) in [6.07, 6.45) is 8.37. The van der Waals surface area contributed by atoms with Gasteiger partial charge in [0.05, 0.1) is 5.41 Å². The number of halogens is 1. The van der Waals surface area contributed by atoms with Crippen LogP contribution in [-0.4, -0.2) is 17.8 Å². The van der Waals surface area contributed by atoms with Crippen molar-refractivity contribution < 1.29 is 4.79 Å². The molecule has 4 rings (SSSR count). The van der Waals surface area contributed by atoms with Crippen LogP contribution in [-0.2, 0) is 4.79 Å². The van der Waals surface area contributed by atoms with Gasteiger partial charge in [-0.05, 0) is 62.2 Å². The van der Waals surface area contributed by atoms with Gasteiger partial charge in [0.1, 0.15) is 0 Å². The van der Waals surface area contributed by atoms with Crippen LogP contribution in [0.4, 0.5) is 0 Å². The van der Waals surface area contributed by atoms with Gasteiger partial charge in [-0.2, -0.15) is 0 Å². The Morgan fingerprint density at radius 2 is 1.95 bits per heavy atom. The molecule has 1 N–H and O–H groups in total. The van der Waals surface area contributed by atoms with E-state index >= 15 is 0 Å². The van der Waals surface area contributed by atoms with Crippen LogP contribution in [0.25, 0.3) is 0 Å². The molecule has 108 valence electrons. The van der Waals surface area contributed by atoms with Gasteiger partial charge in [-0.3, -0.25) is 4.79 Å². The van der Waals surface area contributed by atoms with E-state index in [1.807, 2.05) is 0 Å². The van der Waals surface area contributed by atoms with E-state index in [-0.39, 0.29) is 11.5 Å². The molecule has 4 aliphatic carbocycles. The van der Waals surface area contributed by atoms with Crippen molar-refractivity contribution in [1.29, 1.82) is 0 Å². The highest BCUT2D eigenvalue weighted by atomic mass is 35.5. The van der Waals surface area contributed by atoms with Crippen LogP contribution < -0.4 is 5.32 Å². The summed E-state index contributed by atoms with van der Waals surface area (Å²) in [5.74, 6) is 2.43. The van der Waals surface area contributed by atoms with Crippen LogP contribution in [0.15, 0.2) is 0 Å². The Morgan fingerprint density at radius 1 is 1.32 bits per heavy atom. The first-order chi connectivity index (χ1) is 8.98. The molecule has 0 aromatic carbocycles. The lowest BCUT2D eigenvalue weighted by molar-refractivity contribution is -0.155.